The molecule has 1 aromatic heterocycles. The van der Waals surface area contributed by atoms with Crippen LogP contribution in [0, 0.1) is 0 Å². The summed E-state index contributed by atoms with van der Waals surface area (Å²) in [5.41, 5.74) is 0. The summed E-state index contributed by atoms with van der Waals surface area (Å²) in [6, 6.07) is 3.84. The SMILES string of the molecule is CC(C)OCC(O)c1ccc(Br)s1. The first kappa shape index (κ1) is 11.2. The Labute approximate surface area is 90.7 Å². The quantitative estimate of drug-likeness (QED) is 0.906. The summed E-state index contributed by atoms with van der Waals surface area (Å²) >= 11 is 4.88. The average Bonchev–Trinajstić information content (AvgIpc) is 2.47. The number of aliphatic hydroxyl groups excluding tert-OH is 1. The summed E-state index contributed by atoms with van der Waals surface area (Å²) in [4.78, 5) is 0.938. The average molecular weight is 265 g/mol. The topological polar surface area (TPSA) is 29.5 Å². The fourth-order valence-electron chi connectivity index (χ4n) is 0.873. The highest BCUT2D eigenvalue weighted by Crippen LogP contribution is 2.27. The number of thiophene rings is 1. The van der Waals surface area contributed by atoms with Crippen molar-refractivity contribution in [1.82, 2.24) is 0 Å². The molecule has 0 aliphatic carbocycles. The highest BCUT2D eigenvalue weighted by Gasteiger charge is 2.10. The molecule has 0 fully saturated rings. The molecule has 0 saturated heterocycles. The van der Waals surface area contributed by atoms with E-state index in [1.807, 2.05) is 26.0 Å². The van der Waals surface area contributed by atoms with Crippen LogP contribution >= 0.6 is 27.3 Å². The molecule has 13 heavy (non-hydrogen) atoms. The van der Waals surface area contributed by atoms with Gasteiger partial charge >= 0.3 is 0 Å². The van der Waals surface area contributed by atoms with E-state index in [0.717, 1.165) is 8.66 Å². The van der Waals surface area contributed by atoms with Crippen LogP contribution in [0.1, 0.15) is 24.8 Å². The molecule has 2 nitrogen and oxygen atoms in total. The first-order valence-corrected chi connectivity index (χ1v) is 5.75. The van der Waals surface area contributed by atoms with Gasteiger partial charge < -0.3 is 9.84 Å². The Bertz CT molecular complexity index is 260. The molecule has 0 radical (unpaired) electrons. The number of aliphatic hydroxyl groups is 1. The zero-order valence-corrected chi connectivity index (χ0v) is 10.1. The number of rotatable bonds is 4. The van der Waals surface area contributed by atoms with Crippen LogP contribution in [-0.4, -0.2) is 17.8 Å². The molecule has 0 bridgehead atoms. The smallest absolute Gasteiger partial charge is 0.111 e. The number of hydrogen-bond acceptors (Lipinski definition) is 3. The molecule has 4 heteroatoms. The number of halogens is 1. The van der Waals surface area contributed by atoms with E-state index in [1.54, 1.807) is 0 Å². The van der Waals surface area contributed by atoms with Crippen molar-refractivity contribution in [3.05, 3.63) is 20.8 Å². The van der Waals surface area contributed by atoms with Crippen LogP contribution < -0.4 is 0 Å². The predicted molar refractivity (Wildman–Crippen MR) is 58.1 cm³/mol. The lowest BCUT2D eigenvalue weighted by Gasteiger charge is -2.11. The predicted octanol–water partition coefficient (Wildman–Crippen LogP) is 2.97. The van der Waals surface area contributed by atoms with E-state index < -0.39 is 6.10 Å². The molecule has 0 spiro atoms. The van der Waals surface area contributed by atoms with Crippen LogP contribution in [0.15, 0.2) is 15.9 Å². The van der Waals surface area contributed by atoms with E-state index in [2.05, 4.69) is 15.9 Å². The molecule has 0 aliphatic rings. The van der Waals surface area contributed by atoms with Crippen LogP contribution in [0.2, 0.25) is 0 Å². The van der Waals surface area contributed by atoms with Crippen molar-refractivity contribution in [1.29, 1.82) is 0 Å². The van der Waals surface area contributed by atoms with Gasteiger partial charge in [-0.05, 0) is 41.9 Å². The van der Waals surface area contributed by atoms with E-state index in [-0.39, 0.29) is 6.10 Å². The van der Waals surface area contributed by atoms with Crippen LogP contribution in [0.25, 0.3) is 0 Å². The van der Waals surface area contributed by atoms with Crippen LogP contribution in [0.5, 0.6) is 0 Å². The minimum atomic E-state index is -0.501. The zero-order valence-electron chi connectivity index (χ0n) is 7.66. The van der Waals surface area contributed by atoms with Gasteiger partial charge in [-0.2, -0.15) is 0 Å². The molecule has 0 amide bonds. The van der Waals surface area contributed by atoms with Crippen LogP contribution in [0.3, 0.4) is 0 Å². The minimum Gasteiger partial charge on any atom is -0.385 e. The standard InChI is InChI=1S/C9H13BrO2S/c1-6(2)12-5-7(11)8-3-4-9(10)13-8/h3-4,6-7,11H,5H2,1-2H3. The van der Waals surface area contributed by atoms with Crippen molar-refractivity contribution in [2.75, 3.05) is 6.61 Å². The van der Waals surface area contributed by atoms with E-state index >= 15 is 0 Å². The number of hydrogen-bond donors (Lipinski definition) is 1. The van der Waals surface area contributed by atoms with Crippen molar-refractivity contribution in [3.63, 3.8) is 0 Å². The summed E-state index contributed by atoms with van der Waals surface area (Å²) in [7, 11) is 0. The summed E-state index contributed by atoms with van der Waals surface area (Å²) in [5.74, 6) is 0. The van der Waals surface area contributed by atoms with Gasteiger partial charge in [0.25, 0.3) is 0 Å². The largest absolute Gasteiger partial charge is 0.385 e. The molecule has 1 atom stereocenters. The fourth-order valence-corrected chi connectivity index (χ4v) is 2.27. The third-order valence-corrected chi connectivity index (χ3v) is 3.23. The number of ether oxygens (including phenoxy) is 1. The van der Waals surface area contributed by atoms with Gasteiger partial charge in [-0.3, -0.25) is 0 Å². The van der Waals surface area contributed by atoms with Crippen LogP contribution in [-0.2, 0) is 4.74 Å². The van der Waals surface area contributed by atoms with Gasteiger partial charge in [-0.15, -0.1) is 11.3 Å². The lowest BCUT2D eigenvalue weighted by molar-refractivity contribution is 0.00633. The zero-order chi connectivity index (χ0) is 9.84. The summed E-state index contributed by atoms with van der Waals surface area (Å²) in [6.07, 6.45) is -0.336. The van der Waals surface area contributed by atoms with Gasteiger partial charge in [0.15, 0.2) is 0 Å². The van der Waals surface area contributed by atoms with Gasteiger partial charge in [0.1, 0.15) is 6.10 Å². The van der Waals surface area contributed by atoms with E-state index in [0.29, 0.717) is 6.61 Å². The minimum absolute atomic E-state index is 0.165. The molecule has 1 aromatic rings. The van der Waals surface area contributed by atoms with E-state index in [4.69, 9.17) is 4.74 Å². The molecular weight excluding hydrogens is 252 g/mol. The Balaban J connectivity index is 2.44. The first-order valence-electron chi connectivity index (χ1n) is 4.14. The Morgan fingerprint density at radius 3 is 2.69 bits per heavy atom. The molecule has 74 valence electrons. The molecule has 0 aromatic carbocycles. The Hall–Kier alpha value is 0.1000. The molecular formula is C9H13BrO2S. The van der Waals surface area contributed by atoms with Crippen molar-refractivity contribution in [2.45, 2.75) is 26.1 Å². The third-order valence-electron chi connectivity index (χ3n) is 1.51. The maximum absolute atomic E-state index is 9.65. The molecule has 0 aliphatic heterocycles. The lowest BCUT2D eigenvalue weighted by Crippen LogP contribution is -2.10. The maximum Gasteiger partial charge on any atom is 0.111 e. The van der Waals surface area contributed by atoms with Gasteiger partial charge in [-0.25, -0.2) is 0 Å². The molecule has 1 unspecified atom stereocenters. The highest BCUT2D eigenvalue weighted by atomic mass is 79.9. The van der Waals surface area contributed by atoms with E-state index in [9.17, 15) is 5.11 Å². The summed E-state index contributed by atoms with van der Waals surface area (Å²) < 4.78 is 6.34. The Morgan fingerprint density at radius 2 is 2.23 bits per heavy atom. The maximum atomic E-state index is 9.65. The summed E-state index contributed by atoms with van der Waals surface area (Å²) in [5, 5.41) is 9.65. The second-order valence-electron chi connectivity index (χ2n) is 3.04. The second-order valence-corrected chi connectivity index (χ2v) is 5.53. The van der Waals surface area contributed by atoms with Crippen LogP contribution in [0.4, 0.5) is 0 Å². The van der Waals surface area contributed by atoms with Gasteiger partial charge in [-0.1, -0.05) is 0 Å². The second kappa shape index (κ2) is 5.10. The third kappa shape index (κ3) is 3.77. The Morgan fingerprint density at radius 1 is 1.54 bits per heavy atom. The van der Waals surface area contributed by atoms with E-state index in [1.165, 1.54) is 11.3 Å². The summed E-state index contributed by atoms with van der Waals surface area (Å²) in [6.45, 7) is 4.28. The molecule has 1 rings (SSSR count). The van der Waals surface area contributed by atoms with Crippen molar-refractivity contribution < 1.29 is 9.84 Å². The fraction of sp³-hybridized carbons (Fsp3) is 0.556. The molecule has 1 heterocycles. The molecule has 1 N–H and O–H groups in total. The van der Waals surface area contributed by atoms with Crippen molar-refractivity contribution >= 4 is 27.3 Å². The highest BCUT2D eigenvalue weighted by molar-refractivity contribution is 9.11. The molecule has 0 saturated carbocycles. The monoisotopic (exact) mass is 264 g/mol. The van der Waals surface area contributed by atoms with Crippen molar-refractivity contribution in [2.24, 2.45) is 0 Å². The Kier molecular flexibility index (Phi) is 4.38. The normalized spacial score (nSPS) is 13.6. The van der Waals surface area contributed by atoms with Gasteiger partial charge in [0.05, 0.1) is 16.5 Å². The van der Waals surface area contributed by atoms with Crippen molar-refractivity contribution in [3.8, 4) is 0 Å². The lowest BCUT2D eigenvalue weighted by atomic mass is 10.3. The first-order chi connectivity index (χ1) is 6.09. The van der Waals surface area contributed by atoms with Gasteiger partial charge in [0.2, 0.25) is 0 Å². The van der Waals surface area contributed by atoms with Gasteiger partial charge in [0, 0.05) is 4.88 Å².